The van der Waals surface area contributed by atoms with Crippen LogP contribution >= 0.6 is 0 Å². The van der Waals surface area contributed by atoms with Crippen molar-refractivity contribution in [3.63, 3.8) is 0 Å². The molecule has 0 aliphatic carbocycles. The molecule has 84 valence electrons. The van der Waals surface area contributed by atoms with Crippen molar-refractivity contribution >= 4 is 0 Å². The summed E-state index contributed by atoms with van der Waals surface area (Å²) in [6.45, 7) is 7.45. The second-order valence-corrected chi connectivity index (χ2v) is 4.63. The zero-order chi connectivity index (χ0) is 10.6. The Morgan fingerprint density at radius 1 is 1.43 bits per heavy atom. The molecule has 0 bridgehead atoms. The average Bonchev–Trinajstić information content (AvgIpc) is 2.66. The van der Waals surface area contributed by atoms with E-state index in [-0.39, 0.29) is 0 Å². The Hall–Kier alpha value is -0.120. The molecule has 1 rings (SSSR count). The van der Waals surface area contributed by atoms with Crippen LogP contribution < -0.4 is 5.32 Å². The summed E-state index contributed by atoms with van der Waals surface area (Å²) in [5, 5.41) is 3.58. The fraction of sp³-hybridized carbons (Fsp3) is 1.00. The van der Waals surface area contributed by atoms with Crippen molar-refractivity contribution in [3.8, 4) is 0 Å². The molecule has 1 fully saturated rings. The summed E-state index contributed by atoms with van der Waals surface area (Å²) in [7, 11) is 4.24. The van der Waals surface area contributed by atoms with Gasteiger partial charge in [-0.3, -0.25) is 0 Å². The second-order valence-electron chi connectivity index (χ2n) is 4.63. The van der Waals surface area contributed by atoms with Gasteiger partial charge in [0.15, 0.2) is 0 Å². The fourth-order valence-electron chi connectivity index (χ4n) is 1.65. The van der Waals surface area contributed by atoms with Gasteiger partial charge >= 0.3 is 0 Å². The first-order valence-corrected chi connectivity index (χ1v) is 5.58. The minimum Gasteiger partial charge on any atom is -0.381 e. The van der Waals surface area contributed by atoms with E-state index in [1.54, 1.807) is 0 Å². The molecule has 1 aliphatic rings. The molecule has 1 heterocycles. The van der Waals surface area contributed by atoms with Crippen LogP contribution in [0.4, 0.5) is 0 Å². The van der Waals surface area contributed by atoms with E-state index in [0.29, 0.717) is 18.0 Å². The van der Waals surface area contributed by atoms with Crippen LogP contribution in [0.3, 0.4) is 0 Å². The molecule has 14 heavy (non-hydrogen) atoms. The third kappa shape index (κ3) is 3.56. The first-order chi connectivity index (χ1) is 6.61. The molecule has 3 atom stereocenters. The lowest BCUT2D eigenvalue weighted by Crippen LogP contribution is -2.42. The number of nitrogens with one attached hydrogen (secondary N) is 1. The van der Waals surface area contributed by atoms with Crippen LogP contribution in [0.5, 0.6) is 0 Å². The Balaban J connectivity index is 2.16. The van der Waals surface area contributed by atoms with E-state index in [2.05, 4.69) is 38.2 Å². The molecule has 0 aromatic carbocycles. The monoisotopic (exact) mass is 200 g/mol. The van der Waals surface area contributed by atoms with Gasteiger partial charge in [0.25, 0.3) is 0 Å². The third-order valence-corrected chi connectivity index (χ3v) is 3.29. The van der Waals surface area contributed by atoms with Crippen molar-refractivity contribution in [2.24, 2.45) is 5.92 Å². The molecule has 1 N–H and O–H groups in total. The highest BCUT2D eigenvalue weighted by Crippen LogP contribution is 2.16. The van der Waals surface area contributed by atoms with E-state index in [1.165, 1.54) is 6.42 Å². The molecule has 3 nitrogen and oxygen atoms in total. The van der Waals surface area contributed by atoms with E-state index in [9.17, 15) is 0 Å². The van der Waals surface area contributed by atoms with Crippen LogP contribution in [0.25, 0.3) is 0 Å². The summed E-state index contributed by atoms with van der Waals surface area (Å²) in [5.74, 6) is 0.712. The van der Waals surface area contributed by atoms with Gasteiger partial charge in [-0.2, -0.15) is 0 Å². The normalized spacial score (nSPS) is 26.8. The molecular formula is C11H24N2O. The van der Waals surface area contributed by atoms with Gasteiger partial charge in [-0.1, -0.05) is 0 Å². The summed E-state index contributed by atoms with van der Waals surface area (Å²) in [4.78, 5) is 2.24. The van der Waals surface area contributed by atoms with Crippen molar-refractivity contribution in [3.05, 3.63) is 0 Å². The molecule has 0 aromatic rings. The van der Waals surface area contributed by atoms with E-state index in [0.717, 1.165) is 19.8 Å². The van der Waals surface area contributed by atoms with Gasteiger partial charge in [-0.25, -0.2) is 0 Å². The smallest absolute Gasteiger partial charge is 0.0509 e. The summed E-state index contributed by atoms with van der Waals surface area (Å²) in [5.41, 5.74) is 0. The molecule has 3 unspecified atom stereocenters. The number of nitrogens with zero attached hydrogens (tertiary/aromatic N) is 1. The van der Waals surface area contributed by atoms with Crippen LogP contribution in [0.2, 0.25) is 0 Å². The average molecular weight is 200 g/mol. The van der Waals surface area contributed by atoms with Crippen LogP contribution in [0.1, 0.15) is 20.3 Å². The predicted molar refractivity (Wildman–Crippen MR) is 59.5 cm³/mol. The standard InChI is InChI=1S/C11H24N2O/c1-9(13(3)4)7-12-10(2)11-5-6-14-8-11/h9-12H,5-8H2,1-4H3. The predicted octanol–water partition coefficient (Wildman–Crippen LogP) is 0.951. The van der Waals surface area contributed by atoms with Gasteiger partial charge in [0.1, 0.15) is 0 Å². The SMILES string of the molecule is CC(NCC(C)N(C)C)C1CCOC1. The Labute approximate surface area is 87.8 Å². The molecule has 0 spiro atoms. The number of rotatable bonds is 5. The van der Waals surface area contributed by atoms with Gasteiger partial charge in [0.05, 0.1) is 6.61 Å². The fourth-order valence-corrected chi connectivity index (χ4v) is 1.65. The van der Waals surface area contributed by atoms with E-state index in [4.69, 9.17) is 4.74 Å². The molecular weight excluding hydrogens is 176 g/mol. The minimum atomic E-state index is 0.583. The third-order valence-electron chi connectivity index (χ3n) is 3.29. The summed E-state index contributed by atoms with van der Waals surface area (Å²) < 4.78 is 5.38. The van der Waals surface area contributed by atoms with E-state index < -0.39 is 0 Å². The van der Waals surface area contributed by atoms with Gasteiger partial charge in [0, 0.05) is 25.2 Å². The topological polar surface area (TPSA) is 24.5 Å². The van der Waals surface area contributed by atoms with Gasteiger partial charge in [-0.15, -0.1) is 0 Å². The number of hydrogen-bond donors (Lipinski definition) is 1. The first kappa shape index (κ1) is 12.0. The molecule has 1 aliphatic heterocycles. The Morgan fingerprint density at radius 2 is 2.14 bits per heavy atom. The quantitative estimate of drug-likeness (QED) is 0.715. The zero-order valence-electron chi connectivity index (χ0n) is 9.92. The van der Waals surface area contributed by atoms with Gasteiger partial charge in [0.2, 0.25) is 0 Å². The van der Waals surface area contributed by atoms with Crippen molar-refractivity contribution in [1.29, 1.82) is 0 Å². The Morgan fingerprint density at radius 3 is 2.64 bits per heavy atom. The number of likely N-dealkylation sites (N-methyl/N-ethyl adjacent to an activating group) is 1. The highest BCUT2D eigenvalue weighted by Gasteiger charge is 2.22. The van der Waals surface area contributed by atoms with Crippen LogP contribution in [0.15, 0.2) is 0 Å². The van der Waals surface area contributed by atoms with Crippen LogP contribution in [0, 0.1) is 5.92 Å². The Bertz CT molecular complexity index is 155. The summed E-state index contributed by atoms with van der Waals surface area (Å²) >= 11 is 0. The van der Waals surface area contributed by atoms with Crippen LogP contribution in [-0.4, -0.2) is 50.8 Å². The lowest BCUT2D eigenvalue weighted by Gasteiger charge is -2.25. The maximum absolute atomic E-state index is 5.38. The number of ether oxygens (including phenoxy) is 1. The van der Waals surface area contributed by atoms with E-state index in [1.807, 2.05) is 0 Å². The molecule has 3 heteroatoms. The largest absolute Gasteiger partial charge is 0.381 e. The molecule has 0 saturated carbocycles. The van der Waals surface area contributed by atoms with Crippen molar-refractivity contribution in [2.45, 2.75) is 32.4 Å². The van der Waals surface area contributed by atoms with Crippen molar-refractivity contribution in [2.75, 3.05) is 33.9 Å². The lowest BCUT2D eigenvalue weighted by molar-refractivity contribution is 0.176. The molecule has 0 radical (unpaired) electrons. The van der Waals surface area contributed by atoms with Crippen LogP contribution in [-0.2, 0) is 4.74 Å². The van der Waals surface area contributed by atoms with Gasteiger partial charge in [-0.05, 0) is 40.3 Å². The molecule has 1 saturated heterocycles. The Kier molecular flexibility index (Phi) is 4.85. The van der Waals surface area contributed by atoms with Crippen molar-refractivity contribution in [1.82, 2.24) is 10.2 Å². The van der Waals surface area contributed by atoms with Crippen molar-refractivity contribution < 1.29 is 4.74 Å². The maximum atomic E-state index is 5.38. The molecule has 0 aromatic heterocycles. The summed E-state index contributed by atoms with van der Waals surface area (Å²) in [6, 6.07) is 1.18. The first-order valence-electron chi connectivity index (χ1n) is 5.58. The second kappa shape index (κ2) is 5.69. The maximum Gasteiger partial charge on any atom is 0.0509 e. The zero-order valence-corrected chi connectivity index (χ0v) is 9.92. The van der Waals surface area contributed by atoms with E-state index >= 15 is 0 Å². The summed E-state index contributed by atoms with van der Waals surface area (Å²) in [6.07, 6.45) is 1.21. The molecule has 0 amide bonds. The highest BCUT2D eigenvalue weighted by molar-refractivity contribution is 4.77. The van der Waals surface area contributed by atoms with Gasteiger partial charge < -0.3 is 15.0 Å². The number of hydrogen-bond acceptors (Lipinski definition) is 3. The highest BCUT2D eigenvalue weighted by atomic mass is 16.5. The minimum absolute atomic E-state index is 0.583. The lowest BCUT2D eigenvalue weighted by atomic mass is 10.0.